The van der Waals surface area contributed by atoms with E-state index in [9.17, 15) is 13.6 Å². The number of hydrogen-bond acceptors (Lipinski definition) is 5. The summed E-state index contributed by atoms with van der Waals surface area (Å²) in [5.74, 6) is -0.721. The van der Waals surface area contributed by atoms with Crippen molar-refractivity contribution >= 4 is 5.97 Å². The largest absolute Gasteiger partial charge is 0.487 e. The number of ether oxygens (including phenoxy) is 3. The van der Waals surface area contributed by atoms with E-state index in [1.165, 1.54) is 23.0 Å². The van der Waals surface area contributed by atoms with Gasteiger partial charge in [-0.15, -0.1) is 0 Å². The van der Waals surface area contributed by atoms with E-state index < -0.39 is 12.6 Å². The van der Waals surface area contributed by atoms with Gasteiger partial charge in [-0.3, -0.25) is 9.48 Å². The molecular weight excluding hydrogens is 338 g/mol. The third kappa shape index (κ3) is 4.44. The van der Waals surface area contributed by atoms with Gasteiger partial charge in [-0.05, 0) is 18.2 Å². The molecule has 1 fully saturated rings. The second kappa shape index (κ2) is 7.47. The summed E-state index contributed by atoms with van der Waals surface area (Å²) < 4.78 is 41.7. The molecule has 2 heterocycles. The third-order valence-electron chi connectivity index (χ3n) is 3.57. The average molecular weight is 354 g/mol. The van der Waals surface area contributed by atoms with E-state index in [-0.39, 0.29) is 18.4 Å². The molecule has 0 unspecified atom stereocenters. The highest BCUT2D eigenvalue weighted by atomic mass is 19.3. The maximum atomic E-state index is 12.5. The quantitative estimate of drug-likeness (QED) is 0.822. The van der Waals surface area contributed by atoms with Crippen molar-refractivity contribution in [3.63, 3.8) is 0 Å². The molecule has 1 aliphatic heterocycles. The number of aliphatic carboxylic acids is 1. The van der Waals surface area contributed by atoms with Crippen LogP contribution in [0.5, 0.6) is 11.5 Å². The molecule has 25 heavy (non-hydrogen) atoms. The summed E-state index contributed by atoms with van der Waals surface area (Å²) in [7, 11) is 0. The Kier molecular flexibility index (Phi) is 5.13. The van der Waals surface area contributed by atoms with Crippen LogP contribution < -0.4 is 9.47 Å². The average Bonchev–Trinajstić information content (AvgIpc) is 3.18. The summed E-state index contributed by atoms with van der Waals surface area (Å²) in [6.07, 6.45) is 2.02. The number of rotatable bonds is 7. The zero-order chi connectivity index (χ0) is 17.8. The highest BCUT2D eigenvalue weighted by molar-refractivity contribution is 5.69. The molecule has 1 saturated heterocycles. The maximum absolute atomic E-state index is 12.5. The zero-order valence-electron chi connectivity index (χ0n) is 13.1. The van der Waals surface area contributed by atoms with Crippen molar-refractivity contribution in [3.05, 3.63) is 30.5 Å². The fourth-order valence-corrected chi connectivity index (χ4v) is 2.51. The van der Waals surface area contributed by atoms with E-state index in [2.05, 4.69) is 9.84 Å². The van der Waals surface area contributed by atoms with Crippen molar-refractivity contribution in [1.29, 1.82) is 0 Å². The molecule has 0 saturated carbocycles. The molecule has 9 heteroatoms. The molecule has 2 aromatic rings. The topological polar surface area (TPSA) is 82.8 Å². The molecule has 134 valence electrons. The van der Waals surface area contributed by atoms with Crippen LogP contribution in [-0.2, 0) is 16.1 Å². The van der Waals surface area contributed by atoms with Crippen molar-refractivity contribution in [2.75, 3.05) is 13.2 Å². The summed E-state index contributed by atoms with van der Waals surface area (Å²) >= 11 is 0. The van der Waals surface area contributed by atoms with E-state index >= 15 is 0 Å². The van der Waals surface area contributed by atoms with Crippen LogP contribution in [0.1, 0.15) is 6.42 Å². The molecule has 1 aromatic heterocycles. The van der Waals surface area contributed by atoms with Crippen LogP contribution >= 0.6 is 0 Å². The number of nitrogens with zero attached hydrogens (tertiary/aromatic N) is 2. The van der Waals surface area contributed by atoms with Crippen LogP contribution in [0.15, 0.2) is 30.5 Å². The van der Waals surface area contributed by atoms with Crippen molar-refractivity contribution in [2.24, 2.45) is 0 Å². The van der Waals surface area contributed by atoms with Gasteiger partial charge < -0.3 is 19.3 Å². The first-order valence-corrected chi connectivity index (χ1v) is 7.60. The summed E-state index contributed by atoms with van der Waals surface area (Å²) in [5, 5.41) is 13.0. The van der Waals surface area contributed by atoms with Gasteiger partial charge in [0.15, 0.2) is 0 Å². The van der Waals surface area contributed by atoms with Gasteiger partial charge in [0.2, 0.25) is 0 Å². The van der Waals surface area contributed by atoms with E-state index in [0.29, 0.717) is 36.6 Å². The van der Waals surface area contributed by atoms with Gasteiger partial charge >= 0.3 is 12.6 Å². The van der Waals surface area contributed by atoms with Crippen molar-refractivity contribution < 1.29 is 32.9 Å². The number of carboxylic acid groups (broad SMARTS) is 1. The molecule has 0 radical (unpaired) electrons. The first-order chi connectivity index (χ1) is 12.0. The summed E-state index contributed by atoms with van der Waals surface area (Å²) in [6, 6.07) is 5.94. The fraction of sp³-hybridized carbons (Fsp3) is 0.375. The third-order valence-corrected chi connectivity index (χ3v) is 3.57. The first kappa shape index (κ1) is 17.2. The van der Waals surface area contributed by atoms with Gasteiger partial charge in [-0.2, -0.15) is 13.9 Å². The minimum Gasteiger partial charge on any atom is -0.487 e. The van der Waals surface area contributed by atoms with Gasteiger partial charge in [-0.1, -0.05) is 0 Å². The second-order valence-electron chi connectivity index (χ2n) is 5.43. The number of hydrogen-bond donors (Lipinski definition) is 1. The van der Waals surface area contributed by atoms with Gasteiger partial charge in [0, 0.05) is 24.2 Å². The highest BCUT2D eigenvalue weighted by Gasteiger charge is 2.21. The molecule has 0 aliphatic carbocycles. The van der Waals surface area contributed by atoms with Crippen molar-refractivity contribution in [1.82, 2.24) is 9.78 Å². The van der Waals surface area contributed by atoms with E-state index in [0.717, 1.165) is 0 Å². The predicted octanol–water partition coefficient (Wildman–Crippen LogP) is 2.40. The Labute approximate surface area is 141 Å². The Bertz CT molecular complexity index is 744. The number of halogens is 2. The van der Waals surface area contributed by atoms with Crippen LogP contribution in [0.3, 0.4) is 0 Å². The molecule has 1 N–H and O–H groups in total. The zero-order valence-corrected chi connectivity index (χ0v) is 13.1. The molecule has 1 aliphatic rings. The lowest BCUT2D eigenvalue weighted by molar-refractivity contribution is -0.137. The predicted molar refractivity (Wildman–Crippen MR) is 81.8 cm³/mol. The Hall–Kier alpha value is -2.68. The molecule has 0 bridgehead atoms. The van der Waals surface area contributed by atoms with E-state index in [1.54, 1.807) is 12.1 Å². The van der Waals surface area contributed by atoms with Crippen LogP contribution in [-0.4, -0.2) is 46.8 Å². The molecule has 1 atom stereocenters. The lowest BCUT2D eigenvalue weighted by atomic mass is 10.1. The van der Waals surface area contributed by atoms with Crippen LogP contribution in [0, 0.1) is 0 Å². The molecule has 1 aromatic carbocycles. The Morgan fingerprint density at radius 2 is 2.28 bits per heavy atom. The molecule has 7 nitrogen and oxygen atoms in total. The Morgan fingerprint density at radius 3 is 2.96 bits per heavy atom. The summed E-state index contributed by atoms with van der Waals surface area (Å²) in [6.45, 7) is -2.24. The highest BCUT2D eigenvalue weighted by Crippen LogP contribution is 2.34. The lowest BCUT2D eigenvalue weighted by Gasteiger charge is -2.16. The molecule has 0 spiro atoms. The number of carbonyl (C=O) groups is 1. The second-order valence-corrected chi connectivity index (χ2v) is 5.43. The minimum atomic E-state index is -2.94. The van der Waals surface area contributed by atoms with Gasteiger partial charge in [-0.25, -0.2) is 0 Å². The Balaban J connectivity index is 1.90. The standard InChI is InChI=1S/C16H16F2N2O5/c17-16(18)25-10-1-2-12(13-3-5-20(19-13)8-15(21)22)14(7-10)24-11-4-6-23-9-11/h1-3,5,7,11,16H,4,6,8-9H2,(H,21,22)/t11-/m1/s1. The maximum Gasteiger partial charge on any atom is 0.387 e. The van der Waals surface area contributed by atoms with E-state index in [1.807, 2.05) is 0 Å². The SMILES string of the molecule is O=C(O)Cn1ccc(-c2ccc(OC(F)F)cc2O[C@@H]2CCOC2)n1. The number of benzene rings is 1. The normalized spacial score (nSPS) is 17.0. The van der Waals surface area contributed by atoms with E-state index in [4.69, 9.17) is 14.6 Å². The van der Waals surface area contributed by atoms with Crippen LogP contribution in [0.2, 0.25) is 0 Å². The Morgan fingerprint density at radius 1 is 1.44 bits per heavy atom. The van der Waals surface area contributed by atoms with Crippen LogP contribution in [0.25, 0.3) is 11.3 Å². The number of aromatic nitrogens is 2. The van der Waals surface area contributed by atoms with Crippen molar-refractivity contribution in [2.45, 2.75) is 25.7 Å². The molecule has 3 rings (SSSR count). The number of alkyl halides is 2. The molecular formula is C16H16F2N2O5. The van der Waals surface area contributed by atoms with Crippen molar-refractivity contribution in [3.8, 4) is 22.8 Å². The van der Waals surface area contributed by atoms with Gasteiger partial charge in [0.1, 0.15) is 24.1 Å². The first-order valence-electron chi connectivity index (χ1n) is 7.60. The summed E-state index contributed by atoms with van der Waals surface area (Å²) in [4.78, 5) is 10.8. The van der Waals surface area contributed by atoms with Gasteiger partial charge in [0.05, 0.1) is 18.9 Å². The lowest BCUT2D eigenvalue weighted by Crippen LogP contribution is -2.16. The fourth-order valence-electron chi connectivity index (χ4n) is 2.51. The monoisotopic (exact) mass is 354 g/mol. The minimum absolute atomic E-state index is 0.0300. The van der Waals surface area contributed by atoms with Crippen LogP contribution in [0.4, 0.5) is 8.78 Å². The van der Waals surface area contributed by atoms with Gasteiger partial charge in [0.25, 0.3) is 0 Å². The smallest absolute Gasteiger partial charge is 0.387 e. The summed E-state index contributed by atoms with van der Waals surface area (Å²) in [5.41, 5.74) is 1.02. The molecule has 0 amide bonds. The number of carboxylic acids is 1.